The van der Waals surface area contributed by atoms with E-state index in [9.17, 15) is 13.2 Å². The molecule has 6 heteroatoms. The predicted molar refractivity (Wildman–Crippen MR) is 73.0 cm³/mol. The number of nitrogens with two attached hydrogens (primary N) is 1. The highest BCUT2D eigenvalue weighted by Crippen LogP contribution is 2.34. The Kier molecular flexibility index (Phi) is 4.57. The minimum Gasteiger partial charge on any atom is -0.490 e. The lowest BCUT2D eigenvalue weighted by molar-refractivity contribution is 0.299. The molecule has 0 aliphatic carbocycles. The average molecular weight is 297 g/mol. The maximum Gasteiger partial charge on any atom is 0.168 e. The predicted octanol–water partition coefficient (Wildman–Crippen LogP) is 4.27. The molecule has 0 fully saturated rings. The van der Waals surface area contributed by atoms with Crippen molar-refractivity contribution in [2.75, 3.05) is 12.3 Å². The van der Waals surface area contributed by atoms with Gasteiger partial charge in [0.25, 0.3) is 0 Å². The first-order valence-electron chi connectivity index (χ1n) is 6.36. The SMILES string of the molecule is CCCOc1cc(Oc2ccc(F)cc2F)c(N)cc1F. The van der Waals surface area contributed by atoms with Gasteiger partial charge in [0, 0.05) is 18.2 Å². The van der Waals surface area contributed by atoms with Crippen molar-refractivity contribution in [1.82, 2.24) is 0 Å². The number of halogens is 3. The van der Waals surface area contributed by atoms with Gasteiger partial charge in [0.05, 0.1) is 12.3 Å². The molecule has 0 unspecified atom stereocenters. The van der Waals surface area contributed by atoms with E-state index in [0.29, 0.717) is 19.1 Å². The Bertz CT molecular complexity index is 647. The van der Waals surface area contributed by atoms with Crippen LogP contribution in [0.15, 0.2) is 30.3 Å². The van der Waals surface area contributed by atoms with E-state index in [0.717, 1.165) is 18.2 Å². The van der Waals surface area contributed by atoms with Gasteiger partial charge in [0.15, 0.2) is 28.9 Å². The molecule has 0 aliphatic rings. The fraction of sp³-hybridized carbons (Fsp3) is 0.200. The number of anilines is 1. The van der Waals surface area contributed by atoms with Gasteiger partial charge in [0.1, 0.15) is 5.82 Å². The Balaban J connectivity index is 2.30. The highest BCUT2D eigenvalue weighted by Gasteiger charge is 2.13. The van der Waals surface area contributed by atoms with E-state index in [1.165, 1.54) is 6.07 Å². The summed E-state index contributed by atoms with van der Waals surface area (Å²) in [6, 6.07) is 5.13. The van der Waals surface area contributed by atoms with Crippen molar-refractivity contribution in [1.29, 1.82) is 0 Å². The van der Waals surface area contributed by atoms with E-state index in [-0.39, 0.29) is 22.9 Å². The van der Waals surface area contributed by atoms with Gasteiger partial charge in [-0.3, -0.25) is 0 Å². The molecule has 3 nitrogen and oxygen atoms in total. The summed E-state index contributed by atoms with van der Waals surface area (Å²) in [4.78, 5) is 0. The molecular formula is C15H14F3NO2. The van der Waals surface area contributed by atoms with Gasteiger partial charge in [-0.15, -0.1) is 0 Å². The molecule has 0 amide bonds. The molecular weight excluding hydrogens is 283 g/mol. The third-order valence-electron chi connectivity index (χ3n) is 2.64. The molecule has 0 aromatic heterocycles. The molecule has 2 aromatic carbocycles. The topological polar surface area (TPSA) is 44.5 Å². The van der Waals surface area contributed by atoms with E-state index in [1.54, 1.807) is 0 Å². The van der Waals surface area contributed by atoms with Crippen LogP contribution in [0.5, 0.6) is 17.2 Å². The van der Waals surface area contributed by atoms with Crippen molar-refractivity contribution in [3.8, 4) is 17.2 Å². The third-order valence-corrected chi connectivity index (χ3v) is 2.64. The second-order valence-electron chi connectivity index (χ2n) is 4.35. The lowest BCUT2D eigenvalue weighted by atomic mass is 10.2. The molecule has 0 aliphatic heterocycles. The molecule has 0 atom stereocenters. The summed E-state index contributed by atoms with van der Waals surface area (Å²) in [5, 5.41) is 0. The first-order valence-corrected chi connectivity index (χ1v) is 6.36. The van der Waals surface area contributed by atoms with Crippen molar-refractivity contribution in [3.63, 3.8) is 0 Å². The van der Waals surface area contributed by atoms with E-state index in [1.807, 2.05) is 6.92 Å². The summed E-state index contributed by atoms with van der Waals surface area (Å²) < 4.78 is 50.5. The third kappa shape index (κ3) is 3.59. The van der Waals surface area contributed by atoms with E-state index in [4.69, 9.17) is 15.2 Å². The van der Waals surface area contributed by atoms with Crippen LogP contribution < -0.4 is 15.2 Å². The Morgan fingerprint density at radius 3 is 2.33 bits per heavy atom. The summed E-state index contributed by atoms with van der Waals surface area (Å²) in [6.45, 7) is 2.20. The summed E-state index contributed by atoms with van der Waals surface area (Å²) in [7, 11) is 0. The van der Waals surface area contributed by atoms with Crippen LogP contribution in [0.1, 0.15) is 13.3 Å². The second kappa shape index (κ2) is 6.39. The van der Waals surface area contributed by atoms with Gasteiger partial charge in [-0.2, -0.15) is 0 Å². The Hall–Kier alpha value is -2.37. The Labute approximate surface area is 120 Å². The minimum absolute atomic E-state index is 0.0138. The number of benzene rings is 2. The first-order chi connectivity index (χ1) is 10.0. The fourth-order valence-corrected chi connectivity index (χ4v) is 1.64. The zero-order valence-corrected chi connectivity index (χ0v) is 11.3. The van der Waals surface area contributed by atoms with Crippen molar-refractivity contribution < 1.29 is 22.6 Å². The van der Waals surface area contributed by atoms with Crippen LogP contribution in [-0.4, -0.2) is 6.61 Å². The normalized spacial score (nSPS) is 10.5. The van der Waals surface area contributed by atoms with Gasteiger partial charge in [-0.25, -0.2) is 13.2 Å². The largest absolute Gasteiger partial charge is 0.490 e. The lowest BCUT2D eigenvalue weighted by Crippen LogP contribution is -2.01. The van der Waals surface area contributed by atoms with E-state index >= 15 is 0 Å². The van der Waals surface area contributed by atoms with Gasteiger partial charge in [-0.1, -0.05) is 6.92 Å². The first kappa shape index (κ1) is 15.0. The molecule has 0 saturated carbocycles. The van der Waals surface area contributed by atoms with Crippen molar-refractivity contribution in [3.05, 3.63) is 47.8 Å². The van der Waals surface area contributed by atoms with Crippen LogP contribution in [-0.2, 0) is 0 Å². The van der Waals surface area contributed by atoms with Crippen LogP contribution in [0.25, 0.3) is 0 Å². The van der Waals surface area contributed by atoms with Crippen LogP contribution in [0.4, 0.5) is 18.9 Å². The van der Waals surface area contributed by atoms with Crippen molar-refractivity contribution in [2.45, 2.75) is 13.3 Å². The lowest BCUT2D eigenvalue weighted by Gasteiger charge is -2.12. The molecule has 112 valence electrons. The molecule has 0 bridgehead atoms. The average Bonchev–Trinajstić information content (AvgIpc) is 2.43. The van der Waals surface area contributed by atoms with Crippen LogP contribution in [0, 0.1) is 17.5 Å². The molecule has 2 N–H and O–H groups in total. The van der Waals surface area contributed by atoms with Gasteiger partial charge < -0.3 is 15.2 Å². The van der Waals surface area contributed by atoms with Gasteiger partial charge >= 0.3 is 0 Å². The molecule has 0 saturated heterocycles. The highest BCUT2D eigenvalue weighted by molar-refractivity contribution is 5.57. The number of ether oxygens (including phenoxy) is 2. The highest BCUT2D eigenvalue weighted by atomic mass is 19.1. The number of rotatable bonds is 5. The van der Waals surface area contributed by atoms with Crippen molar-refractivity contribution >= 4 is 5.69 Å². The molecule has 2 rings (SSSR count). The summed E-state index contributed by atoms with van der Waals surface area (Å²) in [5.41, 5.74) is 5.62. The Morgan fingerprint density at radius 1 is 0.952 bits per heavy atom. The molecule has 21 heavy (non-hydrogen) atoms. The maximum absolute atomic E-state index is 13.6. The number of hydrogen-bond donors (Lipinski definition) is 1. The minimum atomic E-state index is -0.880. The number of hydrogen-bond acceptors (Lipinski definition) is 3. The van der Waals surface area contributed by atoms with E-state index in [2.05, 4.69) is 0 Å². The Morgan fingerprint density at radius 2 is 1.67 bits per heavy atom. The fourth-order valence-electron chi connectivity index (χ4n) is 1.64. The van der Waals surface area contributed by atoms with Gasteiger partial charge in [-0.05, 0) is 18.6 Å². The van der Waals surface area contributed by atoms with E-state index < -0.39 is 17.5 Å². The quantitative estimate of drug-likeness (QED) is 0.838. The summed E-state index contributed by atoms with van der Waals surface area (Å²) in [5.74, 6) is -2.45. The summed E-state index contributed by atoms with van der Waals surface area (Å²) >= 11 is 0. The molecule has 2 aromatic rings. The molecule has 0 radical (unpaired) electrons. The standard InChI is InChI=1S/C15H14F3NO2/c1-2-5-20-14-8-15(12(19)7-11(14)18)21-13-4-3-9(16)6-10(13)17/h3-4,6-8H,2,5,19H2,1H3. The molecule has 0 spiro atoms. The maximum atomic E-state index is 13.6. The summed E-state index contributed by atoms with van der Waals surface area (Å²) in [6.07, 6.45) is 0.701. The second-order valence-corrected chi connectivity index (χ2v) is 4.35. The smallest absolute Gasteiger partial charge is 0.168 e. The van der Waals surface area contributed by atoms with Crippen LogP contribution in [0.2, 0.25) is 0 Å². The van der Waals surface area contributed by atoms with Crippen molar-refractivity contribution in [2.24, 2.45) is 0 Å². The van der Waals surface area contributed by atoms with Crippen LogP contribution >= 0.6 is 0 Å². The molecule has 0 heterocycles. The number of nitrogen functional groups attached to an aromatic ring is 1. The van der Waals surface area contributed by atoms with Crippen LogP contribution in [0.3, 0.4) is 0 Å². The van der Waals surface area contributed by atoms with Gasteiger partial charge in [0.2, 0.25) is 0 Å². The monoisotopic (exact) mass is 297 g/mol. The zero-order valence-electron chi connectivity index (χ0n) is 11.3. The zero-order chi connectivity index (χ0) is 15.4.